The van der Waals surface area contributed by atoms with Gasteiger partial charge in [0.2, 0.25) is 5.95 Å². The number of nitrogens with two attached hydrogens (primary N) is 1. The molecule has 0 atom stereocenters. The van der Waals surface area contributed by atoms with Gasteiger partial charge >= 0.3 is 0 Å². The zero-order valence-corrected chi connectivity index (χ0v) is 12.7. The van der Waals surface area contributed by atoms with Gasteiger partial charge in [0.15, 0.2) is 5.65 Å². The van der Waals surface area contributed by atoms with E-state index in [-0.39, 0.29) is 5.95 Å². The summed E-state index contributed by atoms with van der Waals surface area (Å²) in [5.74, 6) is 1.13. The van der Waals surface area contributed by atoms with Gasteiger partial charge in [-0.3, -0.25) is 0 Å². The first-order chi connectivity index (χ1) is 10.6. The Morgan fingerprint density at radius 3 is 2.64 bits per heavy atom. The molecule has 0 amide bonds. The van der Waals surface area contributed by atoms with E-state index in [4.69, 9.17) is 10.5 Å². The zero-order chi connectivity index (χ0) is 15.5. The largest absolute Gasteiger partial charge is 0.492 e. The van der Waals surface area contributed by atoms with Crippen molar-refractivity contribution in [2.45, 2.75) is 0 Å². The highest BCUT2D eigenvalue weighted by Gasteiger charge is 2.07. The number of likely N-dealkylation sites (N-methyl/N-ethyl adjacent to an activating group) is 1. The summed E-state index contributed by atoms with van der Waals surface area (Å²) in [5, 5.41) is 4.23. The molecular formula is C16H19N5O. The highest BCUT2D eigenvalue weighted by Crippen LogP contribution is 2.23. The Bertz CT molecular complexity index is 764. The van der Waals surface area contributed by atoms with Crippen LogP contribution in [-0.2, 0) is 0 Å². The molecular weight excluding hydrogens is 278 g/mol. The topological polar surface area (TPSA) is 68.7 Å². The van der Waals surface area contributed by atoms with E-state index in [0.717, 1.165) is 29.2 Å². The van der Waals surface area contributed by atoms with Crippen molar-refractivity contribution >= 4 is 11.6 Å². The number of fused-ring (bicyclic) bond motifs is 1. The van der Waals surface area contributed by atoms with Gasteiger partial charge in [-0.05, 0) is 50.5 Å². The molecule has 0 fully saturated rings. The van der Waals surface area contributed by atoms with Gasteiger partial charge < -0.3 is 15.4 Å². The van der Waals surface area contributed by atoms with Crippen LogP contribution in [-0.4, -0.2) is 46.7 Å². The summed E-state index contributed by atoms with van der Waals surface area (Å²) in [4.78, 5) is 6.26. The molecule has 0 spiro atoms. The predicted molar refractivity (Wildman–Crippen MR) is 86.9 cm³/mol. The van der Waals surface area contributed by atoms with Gasteiger partial charge in [-0.25, -0.2) is 4.52 Å². The molecule has 1 aromatic carbocycles. The van der Waals surface area contributed by atoms with Crippen LogP contribution in [0.15, 0.2) is 42.5 Å². The Morgan fingerprint density at radius 2 is 1.91 bits per heavy atom. The smallest absolute Gasteiger partial charge is 0.240 e. The van der Waals surface area contributed by atoms with Gasteiger partial charge in [-0.1, -0.05) is 6.07 Å². The first kappa shape index (κ1) is 14.3. The van der Waals surface area contributed by atoms with Gasteiger partial charge in [0, 0.05) is 12.1 Å². The fraction of sp³-hybridized carbons (Fsp3) is 0.250. The molecule has 0 radical (unpaired) electrons. The number of nitrogens with zero attached hydrogens (tertiary/aromatic N) is 4. The van der Waals surface area contributed by atoms with E-state index >= 15 is 0 Å². The Hall–Kier alpha value is -2.60. The number of rotatable bonds is 5. The molecule has 2 N–H and O–H groups in total. The lowest BCUT2D eigenvalue weighted by Gasteiger charge is -2.11. The lowest BCUT2D eigenvalue weighted by atomic mass is 10.1. The quantitative estimate of drug-likeness (QED) is 0.779. The van der Waals surface area contributed by atoms with Crippen LogP contribution in [0.3, 0.4) is 0 Å². The maximum Gasteiger partial charge on any atom is 0.240 e. The van der Waals surface area contributed by atoms with Crippen molar-refractivity contribution in [2.24, 2.45) is 0 Å². The summed E-state index contributed by atoms with van der Waals surface area (Å²) in [6.45, 7) is 1.56. The summed E-state index contributed by atoms with van der Waals surface area (Å²) in [5.41, 5.74) is 8.39. The number of ether oxygens (including phenoxy) is 1. The van der Waals surface area contributed by atoms with E-state index in [2.05, 4.69) is 15.0 Å². The summed E-state index contributed by atoms with van der Waals surface area (Å²) in [7, 11) is 4.05. The van der Waals surface area contributed by atoms with Gasteiger partial charge in [-0.15, -0.1) is 5.10 Å². The average Bonchev–Trinajstić information content (AvgIpc) is 2.87. The molecule has 0 unspecified atom stereocenters. The maximum absolute atomic E-state index is 5.70. The van der Waals surface area contributed by atoms with Crippen LogP contribution in [0.2, 0.25) is 0 Å². The number of pyridine rings is 1. The normalized spacial score (nSPS) is 11.2. The van der Waals surface area contributed by atoms with Crippen LogP contribution in [0.4, 0.5) is 5.95 Å². The molecule has 0 saturated carbocycles. The van der Waals surface area contributed by atoms with Gasteiger partial charge in [0.1, 0.15) is 12.4 Å². The molecule has 2 aromatic heterocycles. The van der Waals surface area contributed by atoms with Gasteiger partial charge in [0.05, 0.1) is 5.69 Å². The molecule has 114 valence electrons. The van der Waals surface area contributed by atoms with E-state index < -0.39 is 0 Å². The molecule has 0 aliphatic carbocycles. The Kier molecular flexibility index (Phi) is 3.93. The molecule has 0 bridgehead atoms. The molecule has 6 heteroatoms. The summed E-state index contributed by atoms with van der Waals surface area (Å²) in [6, 6.07) is 13.8. The standard InChI is InChI=1S/C16H19N5O/c1-20(2)10-11-22-13-8-6-12(7-9-13)14-4-3-5-15-18-16(17)19-21(14)15/h3-9H,10-11H2,1-2H3,(H2,17,19). The van der Waals surface area contributed by atoms with Crippen LogP contribution < -0.4 is 10.5 Å². The summed E-state index contributed by atoms with van der Waals surface area (Å²) >= 11 is 0. The van der Waals surface area contributed by atoms with Crippen molar-refractivity contribution < 1.29 is 4.74 Å². The highest BCUT2D eigenvalue weighted by atomic mass is 16.5. The number of nitrogen functional groups attached to an aromatic ring is 1. The van der Waals surface area contributed by atoms with Crippen LogP contribution in [0.25, 0.3) is 16.9 Å². The third-order valence-electron chi connectivity index (χ3n) is 3.33. The van der Waals surface area contributed by atoms with Crippen molar-refractivity contribution in [2.75, 3.05) is 33.0 Å². The molecule has 0 aliphatic rings. The Balaban J connectivity index is 1.82. The van der Waals surface area contributed by atoms with Crippen LogP contribution >= 0.6 is 0 Å². The Morgan fingerprint density at radius 1 is 1.14 bits per heavy atom. The molecule has 2 heterocycles. The van der Waals surface area contributed by atoms with Gasteiger partial charge in [0.25, 0.3) is 0 Å². The molecule has 0 saturated heterocycles. The van der Waals surface area contributed by atoms with Crippen LogP contribution in [0.1, 0.15) is 0 Å². The fourth-order valence-electron chi connectivity index (χ4n) is 2.21. The third kappa shape index (κ3) is 3.01. The minimum Gasteiger partial charge on any atom is -0.492 e. The Labute approximate surface area is 129 Å². The van der Waals surface area contributed by atoms with Crippen molar-refractivity contribution in [1.82, 2.24) is 19.5 Å². The summed E-state index contributed by atoms with van der Waals surface area (Å²) in [6.07, 6.45) is 0. The monoisotopic (exact) mass is 297 g/mol. The van der Waals surface area contributed by atoms with Crippen molar-refractivity contribution in [3.05, 3.63) is 42.5 Å². The second-order valence-electron chi connectivity index (χ2n) is 5.33. The lowest BCUT2D eigenvalue weighted by molar-refractivity contribution is 0.261. The van der Waals surface area contributed by atoms with E-state index in [1.807, 2.05) is 56.6 Å². The first-order valence-electron chi connectivity index (χ1n) is 7.13. The highest BCUT2D eigenvalue weighted by molar-refractivity contribution is 5.64. The van der Waals surface area contributed by atoms with E-state index in [1.54, 1.807) is 4.52 Å². The zero-order valence-electron chi connectivity index (χ0n) is 12.7. The van der Waals surface area contributed by atoms with Crippen molar-refractivity contribution in [1.29, 1.82) is 0 Å². The number of hydrogen-bond acceptors (Lipinski definition) is 5. The second-order valence-corrected chi connectivity index (χ2v) is 5.33. The summed E-state index contributed by atoms with van der Waals surface area (Å²) < 4.78 is 7.45. The minimum absolute atomic E-state index is 0.274. The maximum atomic E-state index is 5.70. The average molecular weight is 297 g/mol. The van der Waals surface area contributed by atoms with E-state index in [1.165, 1.54) is 0 Å². The number of hydrogen-bond donors (Lipinski definition) is 1. The number of aromatic nitrogens is 3. The van der Waals surface area contributed by atoms with Crippen LogP contribution in [0, 0.1) is 0 Å². The first-order valence-corrected chi connectivity index (χ1v) is 7.13. The van der Waals surface area contributed by atoms with E-state index in [0.29, 0.717) is 6.61 Å². The lowest BCUT2D eigenvalue weighted by Crippen LogP contribution is -2.19. The molecule has 0 aliphatic heterocycles. The van der Waals surface area contributed by atoms with Crippen LogP contribution in [0.5, 0.6) is 5.75 Å². The second kappa shape index (κ2) is 6.03. The minimum atomic E-state index is 0.274. The predicted octanol–water partition coefficient (Wildman–Crippen LogP) is 1.92. The van der Waals surface area contributed by atoms with Crippen molar-refractivity contribution in [3.8, 4) is 17.0 Å². The van der Waals surface area contributed by atoms with Crippen molar-refractivity contribution in [3.63, 3.8) is 0 Å². The number of anilines is 1. The molecule has 3 aromatic rings. The van der Waals surface area contributed by atoms with Gasteiger partial charge in [-0.2, -0.15) is 4.98 Å². The van der Waals surface area contributed by atoms with E-state index in [9.17, 15) is 0 Å². The molecule has 22 heavy (non-hydrogen) atoms. The number of benzene rings is 1. The fourth-order valence-corrected chi connectivity index (χ4v) is 2.21. The molecule has 6 nitrogen and oxygen atoms in total. The molecule has 3 rings (SSSR count). The third-order valence-corrected chi connectivity index (χ3v) is 3.33. The SMILES string of the molecule is CN(C)CCOc1ccc(-c2cccc3nc(N)nn23)cc1.